The van der Waals surface area contributed by atoms with Crippen molar-refractivity contribution < 1.29 is 27.4 Å². The summed E-state index contributed by atoms with van der Waals surface area (Å²) in [5, 5.41) is 3.01. The van der Waals surface area contributed by atoms with E-state index in [9.17, 15) is 18.0 Å². The first-order valence-corrected chi connectivity index (χ1v) is 7.79. The van der Waals surface area contributed by atoms with Gasteiger partial charge in [0, 0.05) is 18.8 Å². The molecule has 10 heteroatoms. The minimum atomic E-state index is -4.78. The smallest absolute Gasteiger partial charge is 0.406 e. The number of primary amides is 1. The maximum absolute atomic E-state index is 12.1. The number of carbonyl (C=O) groups excluding carboxylic acids is 1. The number of hydrogen-bond acceptors (Lipinski definition) is 5. The molecule has 1 heterocycles. The summed E-state index contributed by atoms with van der Waals surface area (Å²) < 4.78 is 45.5. The molecule has 0 spiro atoms. The zero-order valence-corrected chi connectivity index (χ0v) is 13.8. The zero-order chi connectivity index (χ0) is 19.2. The van der Waals surface area contributed by atoms with Gasteiger partial charge in [-0.15, -0.1) is 13.2 Å². The predicted molar refractivity (Wildman–Crippen MR) is 88.7 cm³/mol. The lowest BCUT2D eigenvalue weighted by molar-refractivity contribution is -0.274. The number of benzene rings is 1. The minimum Gasteiger partial charge on any atom is -0.406 e. The molecule has 5 N–H and O–H groups in total. The van der Waals surface area contributed by atoms with Crippen LogP contribution >= 0.6 is 0 Å². The second-order valence-electron chi connectivity index (χ2n) is 5.54. The first-order valence-electron chi connectivity index (χ1n) is 7.79. The van der Waals surface area contributed by atoms with Gasteiger partial charge in [-0.25, -0.2) is 4.99 Å². The summed E-state index contributed by atoms with van der Waals surface area (Å²) in [6.45, 7) is 1.20. The van der Waals surface area contributed by atoms with Gasteiger partial charge in [-0.3, -0.25) is 4.79 Å². The summed E-state index contributed by atoms with van der Waals surface area (Å²) in [7, 11) is 0. The number of nitrogens with zero attached hydrogens (tertiary/aromatic N) is 1. The fourth-order valence-electron chi connectivity index (χ4n) is 2.27. The molecule has 7 nitrogen and oxygen atoms in total. The lowest BCUT2D eigenvalue weighted by Gasteiger charge is -2.22. The molecule has 1 amide bonds. The standard InChI is InChI=1S/C16H19F3N4O3/c17-16(18,19)26-12-5-3-10(4-6-12)23-14(20)13(15(21)24)8-22-11-2-1-7-25-9-11/h3-6,8,11,22H,1-2,7,9H2,(H2,20,23)(H2,21,24)/b13-8+. The van der Waals surface area contributed by atoms with E-state index in [0.29, 0.717) is 13.2 Å². The van der Waals surface area contributed by atoms with Crippen molar-refractivity contribution in [2.45, 2.75) is 25.2 Å². The van der Waals surface area contributed by atoms with Crippen LogP contribution in [0.4, 0.5) is 18.9 Å². The molecule has 1 aromatic rings. The summed E-state index contributed by atoms with van der Waals surface area (Å²) >= 11 is 0. The summed E-state index contributed by atoms with van der Waals surface area (Å²) in [4.78, 5) is 15.6. The van der Waals surface area contributed by atoms with Gasteiger partial charge in [0.2, 0.25) is 0 Å². The van der Waals surface area contributed by atoms with Crippen molar-refractivity contribution in [2.24, 2.45) is 16.5 Å². The van der Waals surface area contributed by atoms with Crippen LogP contribution in [0.5, 0.6) is 5.75 Å². The number of halogens is 3. The SMILES string of the molecule is NC(=O)/C(=C/NC1CCCOC1)C(N)=Nc1ccc(OC(F)(F)F)cc1. The molecule has 1 aliphatic heterocycles. The molecule has 1 saturated heterocycles. The van der Waals surface area contributed by atoms with Crippen LogP contribution in [-0.4, -0.2) is 37.4 Å². The Morgan fingerprint density at radius 2 is 2.00 bits per heavy atom. The van der Waals surface area contributed by atoms with E-state index in [1.807, 2.05) is 0 Å². The average Bonchev–Trinajstić information content (AvgIpc) is 2.56. The Morgan fingerprint density at radius 1 is 1.31 bits per heavy atom. The second kappa shape index (κ2) is 8.56. The Morgan fingerprint density at radius 3 is 2.54 bits per heavy atom. The van der Waals surface area contributed by atoms with Crippen LogP contribution in [0.15, 0.2) is 41.0 Å². The van der Waals surface area contributed by atoms with Gasteiger partial charge in [0.15, 0.2) is 0 Å². The summed E-state index contributed by atoms with van der Waals surface area (Å²) in [6.07, 6.45) is -1.63. The fraction of sp³-hybridized carbons (Fsp3) is 0.375. The van der Waals surface area contributed by atoms with E-state index >= 15 is 0 Å². The van der Waals surface area contributed by atoms with Crippen molar-refractivity contribution in [2.75, 3.05) is 13.2 Å². The van der Waals surface area contributed by atoms with E-state index in [1.165, 1.54) is 18.3 Å². The Bertz CT molecular complexity index is 681. The van der Waals surface area contributed by atoms with Gasteiger partial charge in [0.1, 0.15) is 11.6 Å². The van der Waals surface area contributed by atoms with Gasteiger partial charge in [0.05, 0.1) is 17.9 Å². The number of rotatable bonds is 6. The largest absolute Gasteiger partial charge is 0.573 e. The van der Waals surface area contributed by atoms with Crippen LogP contribution < -0.4 is 21.5 Å². The van der Waals surface area contributed by atoms with Crippen LogP contribution in [0, 0.1) is 0 Å². The van der Waals surface area contributed by atoms with Crippen molar-refractivity contribution in [3.63, 3.8) is 0 Å². The van der Waals surface area contributed by atoms with Crippen molar-refractivity contribution in [1.82, 2.24) is 5.32 Å². The van der Waals surface area contributed by atoms with Crippen molar-refractivity contribution in [1.29, 1.82) is 0 Å². The number of nitrogens with two attached hydrogens (primary N) is 2. The van der Waals surface area contributed by atoms with Gasteiger partial charge in [-0.1, -0.05) is 0 Å². The van der Waals surface area contributed by atoms with E-state index in [2.05, 4.69) is 15.0 Å². The summed E-state index contributed by atoms with van der Waals surface area (Å²) in [5.41, 5.74) is 11.3. The van der Waals surface area contributed by atoms with Crippen molar-refractivity contribution in [3.05, 3.63) is 36.0 Å². The normalized spacial score (nSPS) is 19.1. The maximum atomic E-state index is 12.1. The van der Waals surface area contributed by atoms with Gasteiger partial charge in [0.25, 0.3) is 5.91 Å². The van der Waals surface area contributed by atoms with Gasteiger partial charge < -0.3 is 26.3 Å². The highest BCUT2D eigenvalue weighted by atomic mass is 19.4. The van der Waals surface area contributed by atoms with E-state index in [0.717, 1.165) is 25.0 Å². The first kappa shape index (κ1) is 19.6. The fourth-order valence-corrected chi connectivity index (χ4v) is 2.27. The second-order valence-corrected chi connectivity index (χ2v) is 5.54. The molecular formula is C16H19F3N4O3. The van der Waals surface area contributed by atoms with Gasteiger partial charge in [-0.05, 0) is 37.1 Å². The molecule has 0 saturated carbocycles. The summed E-state index contributed by atoms with van der Waals surface area (Å²) in [5.74, 6) is -1.33. The lowest BCUT2D eigenvalue weighted by Crippen LogP contribution is -2.36. The number of amidine groups is 1. The Hall–Kier alpha value is -2.75. The number of carbonyl (C=O) groups is 1. The minimum absolute atomic E-state index is 0.0321. The number of amides is 1. The lowest BCUT2D eigenvalue weighted by atomic mass is 10.1. The zero-order valence-electron chi connectivity index (χ0n) is 13.8. The number of hydrogen-bond donors (Lipinski definition) is 3. The average molecular weight is 372 g/mol. The molecular weight excluding hydrogens is 353 g/mol. The molecule has 26 heavy (non-hydrogen) atoms. The number of ether oxygens (including phenoxy) is 2. The van der Waals surface area contributed by atoms with E-state index in [-0.39, 0.29) is 28.9 Å². The molecule has 0 aromatic heterocycles. The van der Waals surface area contributed by atoms with Crippen LogP contribution in [0.3, 0.4) is 0 Å². The van der Waals surface area contributed by atoms with Crippen LogP contribution in [0.1, 0.15) is 12.8 Å². The predicted octanol–water partition coefficient (Wildman–Crippen LogP) is 1.71. The van der Waals surface area contributed by atoms with Crippen molar-refractivity contribution >= 4 is 17.4 Å². The molecule has 1 atom stereocenters. The molecule has 0 aliphatic carbocycles. The molecule has 1 aliphatic rings. The molecule has 1 aromatic carbocycles. The third-order valence-electron chi connectivity index (χ3n) is 3.48. The molecule has 2 rings (SSSR count). The monoisotopic (exact) mass is 372 g/mol. The topological polar surface area (TPSA) is 112 Å². The quantitative estimate of drug-likeness (QED) is 0.400. The highest BCUT2D eigenvalue weighted by Gasteiger charge is 2.30. The third-order valence-corrected chi connectivity index (χ3v) is 3.48. The highest BCUT2D eigenvalue weighted by molar-refractivity contribution is 6.20. The van der Waals surface area contributed by atoms with Gasteiger partial charge in [-0.2, -0.15) is 0 Å². The Labute approximate surface area is 147 Å². The van der Waals surface area contributed by atoms with E-state index in [1.54, 1.807) is 0 Å². The third kappa shape index (κ3) is 6.28. The van der Waals surface area contributed by atoms with Crippen molar-refractivity contribution in [3.8, 4) is 5.75 Å². The molecule has 142 valence electrons. The van der Waals surface area contributed by atoms with E-state index in [4.69, 9.17) is 16.2 Å². The van der Waals surface area contributed by atoms with E-state index < -0.39 is 12.3 Å². The van der Waals surface area contributed by atoms with Crippen LogP contribution in [0.2, 0.25) is 0 Å². The summed E-state index contributed by atoms with van der Waals surface area (Å²) in [6, 6.07) is 4.75. The first-order chi connectivity index (χ1) is 12.2. The molecule has 0 radical (unpaired) electrons. The molecule has 1 fully saturated rings. The number of alkyl halides is 3. The maximum Gasteiger partial charge on any atom is 0.573 e. The Kier molecular flexibility index (Phi) is 6.45. The highest BCUT2D eigenvalue weighted by Crippen LogP contribution is 2.25. The number of nitrogens with one attached hydrogen (secondary N) is 1. The van der Waals surface area contributed by atoms with Crippen LogP contribution in [0.25, 0.3) is 0 Å². The van der Waals surface area contributed by atoms with Crippen LogP contribution in [-0.2, 0) is 9.53 Å². The molecule has 0 bridgehead atoms. The Balaban J connectivity index is 2.09. The number of aliphatic imine (C=N–C) groups is 1. The van der Waals surface area contributed by atoms with Gasteiger partial charge >= 0.3 is 6.36 Å². The molecule has 1 unspecified atom stereocenters.